The summed E-state index contributed by atoms with van der Waals surface area (Å²) < 4.78 is 16.8. The summed E-state index contributed by atoms with van der Waals surface area (Å²) in [4.78, 5) is 19.8. The summed E-state index contributed by atoms with van der Waals surface area (Å²) in [6, 6.07) is 11.1. The first-order valence-corrected chi connectivity index (χ1v) is 10.2. The number of carbonyl (C=O) groups excluding carboxylic acids is 1. The van der Waals surface area contributed by atoms with E-state index in [9.17, 15) is 4.79 Å². The third-order valence-corrected chi connectivity index (χ3v) is 5.97. The molecule has 0 atom stereocenters. The summed E-state index contributed by atoms with van der Waals surface area (Å²) in [6.07, 6.45) is 1.85. The number of hydrogen-bond donors (Lipinski definition) is 0. The van der Waals surface area contributed by atoms with Crippen LogP contribution in [0.5, 0.6) is 17.2 Å². The minimum absolute atomic E-state index is 0.0654. The number of amides is 1. The van der Waals surface area contributed by atoms with E-state index in [0.29, 0.717) is 28.1 Å². The number of aliphatic imine (C=N–C) groups is 1. The van der Waals surface area contributed by atoms with E-state index in [2.05, 4.69) is 20.9 Å². The highest BCUT2D eigenvalue weighted by Gasteiger charge is 2.32. The summed E-state index contributed by atoms with van der Waals surface area (Å²) in [7, 11) is 1.62. The smallest absolute Gasteiger partial charge is 0.266 e. The molecule has 4 rings (SSSR count). The van der Waals surface area contributed by atoms with Gasteiger partial charge in [0.2, 0.25) is 6.79 Å². The first kappa shape index (κ1) is 18.9. The van der Waals surface area contributed by atoms with Gasteiger partial charge in [-0.05, 0) is 66.7 Å². The van der Waals surface area contributed by atoms with Gasteiger partial charge >= 0.3 is 0 Å². The van der Waals surface area contributed by atoms with E-state index in [4.69, 9.17) is 14.2 Å². The molecule has 0 bridgehead atoms. The maximum Gasteiger partial charge on any atom is 0.266 e. The Morgan fingerprint density at radius 3 is 2.64 bits per heavy atom. The van der Waals surface area contributed by atoms with Crippen molar-refractivity contribution in [1.29, 1.82) is 0 Å². The molecule has 0 radical (unpaired) electrons. The van der Waals surface area contributed by atoms with Crippen molar-refractivity contribution in [1.82, 2.24) is 4.90 Å². The highest BCUT2D eigenvalue weighted by molar-refractivity contribution is 9.10. The minimum Gasteiger partial charge on any atom is -0.497 e. The van der Waals surface area contributed by atoms with Gasteiger partial charge in [0.05, 0.1) is 17.7 Å². The van der Waals surface area contributed by atoms with Crippen LogP contribution in [-0.2, 0) is 4.79 Å². The zero-order valence-corrected chi connectivity index (χ0v) is 17.7. The van der Waals surface area contributed by atoms with Crippen LogP contribution >= 0.6 is 27.7 Å². The fourth-order valence-electron chi connectivity index (χ4n) is 2.82. The molecule has 6 nitrogen and oxygen atoms in total. The van der Waals surface area contributed by atoms with Crippen LogP contribution in [0, 0.1) is 0 Å². The second-order valence-corrected chi connectivity index (χ2v) is 7.84. The van der Waals surface area contributed by atoms with Crippen molar-refractivity contribution in [2.45, 2.75) is 6.92 Å². The van der Waals surface area contributed by atoms with E-state index in [1.807, 2.05) is 49.4 Å². The summed E-state index contributed by atoms with van der Waals surface area (Å²) in [5.41, 5.74) is 1.61. The van der Waals surface area contributed by atoms with Crippen LogP contribution in [0.4, 0.5) is 5.69 Å². The third kappa shape index (κ3) is 3.62. The number of benzene rings is 2. The molecule has 1 saturated heterocycles. The molecule has 0 aromatic heterocycles. The molecule has 0 unspecified atom stereocenters. The molecule has 0 spiro atoms. The number of amidine groups is 1. The Kier molecular flexibility index (Phi) is 5.32. The van der Waals surface area contributed by atoms with Crippen molar-refractivity contribution in [3.8, 4) is 17.2 Å². The lowest BCUT2D eigenvalue weighted by atomic mass is 10.2. The minimum atomic E-state index is -0.0654. The predicted molar refractivity (Wildman–Crippen MR) is 113 cm³/mol. The Labute approximate surface area is 175 Å². The van der Waals surface area contributed by atoms with Gasteiger partial charge in [-0.1, -0.05) is 15.9 Å². The average molecular weight is 461 g/mol. The molecule has 0 aliphatic carbocycles. The molecule has 2 aliphatic rings. The first-order valence-electron chi connectivity index (χ1n) is 8.62. The third-order valence-electron chi connectivity index (χ3n) is 4.28. The summed E-state index contributed by atoms with van der Waals surface area (Å²) in [5.74, 6) is 2.06. The molecular formula is C20H17BrN2O4S. The predicted octanol–water partition coefficient (Wildman–Crippen LogP) is 4.81. The Hall–Kier alpha value is -2.45. The number of ether oxygens (including phenoxy) is 3. The highest BCUT2D eigenvalue weighted by Crippen LogP contribution is 2.40. The van der Waals surface area contributed by atoms with Gasteiger partial charge in [0, 0.05) is 11.0 Å². The molecule has 8 heteroatoms. The lowest BCUT2D eigenvalue weighted by Crippen LogP contribution is -2.28. The fourth-order valence-corrected chi connectivity index (χ4v) is 4.31. The quantitative estimate of drug-likeness (QED) is 0.612. The lowest BCUT2D eigenvalue weighted by Gasteiger charge is -2.12. The Morgan fingerprint density at radius 2 is 1.96 bits per heavy atom. The van der Waals surface area contributed by atoms with E-state index in [0.717, 1.165) is 21.5 Å². The summed E-state index contributed by atoms with van der Waals surface area (Å²) in [6.45, 7) is 2.68. The normalized spacial score (nSPS) is 18.4. The number of halogens is 1. The van der Waals surface area contributed by atoms with Crippen molar-refractivity contribution in [3.63, 3.8) is 0 Å². The molecule has 144 valence electrons. The largest absolute Gasteiger partial charge is 0.497 e. The van der Waals surface area contributed by atoms with E-state index in [-0.39, 0.29) is 12.7 Å². The van der Waals surface area contributed by atoms with Gasteiger partial charge < -0.3 is 14.2 Å². The SMILES string of the molecule is CCN1C(=O)/C(=C/c2cc3c(cc2Br)OCO3)SC1=Nc1ccc(OC)cc1. The standard InChI is InChI=1S/C20H17BrN2O4S/c1-3-23-19(24)18(9-12-8-16-17(10-15(12)21)27-11-26-16)28-20(23)22-13-4-6-14(25-2)7-5-13/h4-10H,3,11H2,1-2H3/b18-9-,22-20?. The zero-order chi connectivity index (χ0) is 19.7. The van der Waals surface area contributed by atoms with Gasteiger partial charge in [0.1, 0.15) is 5.75 Å². The lowest BCUT2D eigenvalue weighted by molar-refractivity contribution is -0.122. The molecule has 0 saturated carbocycles. The molecule has 2 aromatic rings. The number of nitrogens with zero attached hydrogens (tertiary/aromatic N) is 2. The van der Waals surface area contributed by atoms with Crippen LogP contribution in [0.3, 0.4) is 0 Å². The number of carbonyl (C=O) groups is 1. The Morgan fingerprint density at radius 1 is 1.25 bits per heavy atom. The van der Waals surface area contributed by atoms with Crippen molar-refractivity contribution in [2.75, 3.05) is 20.4 Å². The van der Waals surface area contributed by atoms with Gasteiger partial charge in [-0.25, -0.2) is 4.99 Å². The van der Waals surface area contributed by atoms with Gasteiger partial charge in [0.25, 0.3) is 5.91 Å². The van der Waals surface area contributed by atoms with E-state index in [1.165, 1.54) is 11.8 Å². The van der Waals surface area contributed by atoms with Crippen LogP contribution in [0.2, 0.25) is 0 Å². The molecule has 2 aliphatic heterocycles. The molecule has 2 heterocycles. The number of fused-ring (bicyclic) bond motifs is 1. The Balaban J connectivity index is 1.65. The van der Waals surface area contributed by atoms with Crippen molar-refractivity contribution in [3.05, 3.63) is 51.3 Å². The van der Waals surface area contributed by atoms with Crippen LogP contribution in [0.1, 0.15) is 12.5 Å². The van der Waals surface area contributed by atoms with E-state index >= 15 is 0 Å². The number of hydrogen-bond acceptors (Lipinski definition) is 6. The summed E-state index contributed by atoms with van der Waals surface area (Å²) in [5, 5.41) is 0.654. The molecule has 2 aromatic carbocycles. The molecular weight excluding hydrogens is 444 g/mol. The topological polar surface area (TPSA) is 60.4 Å². The van der Waals surface area contributed by atoms with Gasteiger partial charge in [-0.3, -0.25) is 9.69 Å². The molecule has 1 fully saturated rings. The van der Waals surface area contributed by atoms with Crippen LogP contribution in [0.25, 0.3) is 6.08 Å². The van der Waals surface area contributed by atoms with E-state index in [1.54, 1.807) is 12.0 Å². The maximum absolute atomic E-state index is 12.9. The second kappa shape index (κ2) is 7.89. The van der Waals surface area contributed by atoms with Gasteiger partial charge in [-0.15, -0.1) is 0 Å². The molecule has 0 N–H and O–H groups in total. The maximum atomic E-state index is 12.9. The number of thioether (sulfide) groups is 1. The highest BCUT2D eigenvalue weighted by atomic mass is 79.9. The monoisotopic (exact) mass is 460 g/mol. The van der Waals surface area contributed by atoms with E-state index < -0.39 is 0 Å². The van der Waals surface area contributed by atoms with Gasteiger partial charge in [0.15, 0.2) is 16.7 Å². The second-order valence-electron chi connectivity index (χ2n) is 5.98. The Bertz CT molecular complexity index is 988. The first-order chi connectivity index (χ1) is 13.6. The van der Waals surface area contributed by atoms with Gasteiger partial charge in [-0.2, -0.15) is 0 Å². The number of methoxy groups -OCH3 is 1. The number of rotatable bonds is 4. The zero-order valence-electron chi connectivity index (χ0n) is 15.3. The number of likely N-dealkylation sites (N-methyl/N-ethyl adjacent to an activating group) is 1. The van der Waals surface area contributed by atoms with Crippen LogP contribution in [-0.4, -0.2) is 36.4 Å². The van der Waals surface area contributed by atoms with Crippen LogP contribution in [0.15, 0.2) is 50.8 Å². The van der Waals surface area contributed by atoms with Crippen molar-refractivity contribution >= 4 is 50.5 Å². The molecule has 1 amide bonds. The summed E-state index contributed by atoms with van der Waals surface area (Å²) >= 11 is 4.89. The fraction of sp³-hybridized carbons (Fsp3) is 0.200. The average Bonchev–Trinajstić information content (AvgIpc) is 3.26. The van der Waals surface area contributed by atoms with Crippen LogP contribution < -0.4 is 14.2 Å². The molecule has 28 heavy (non-hydrogen) atoms. The van der Waals surface area contributed by atoms with Crippen molar-refractivity contribution < 1.29 is 19.0 Å². The van der Waals surface area contributed by atoms with Crippen molar-refractivity contribution in [2.24, 2.45) is 4.99 Å².